The predicted octanol–water partition coefficient (Wildman–Crippen LogP) is 5.19. The summed E-state index contributed by atoms with van der Waals surface area (Å²) in [6.45, 7) is 11.0. The normalized spacial score (nSPS) is 10.5. The van der Waals surface area contributed by atoms with Gasteiger partial charge < -0.3 is 14.8 Å². The van der Waals surface area contributed by atoms with E-state index >= 15 is 0 Å². The molecule has 2 rings (SSSR count). The fourth-order valence-corrected chi connectivity index (χ4v) is 2.77. The van der Waals surface area contributed by atoms with Crippen molar-refractivity contribution < 1.29 is 14.3 Å². The van der Waals surface area contributed by atoms with Gasteiger partial charge in [0.25, 0.3) is 0 Å². The van der Waals surface area contributed by atoms with E-state index in [0.29, 0.717) is 19.6 Å². The molecule has 2 aromatic carbocycles. The molecule has 0 aliphatic rings. The summed E-state index contributed by atoms with van der Waals surface area (Å²) in [6.07, 6.45) is 1.33. The summed E-state index contributed by atoms with van der Waals surface area (Å²) in [6, 6.07) is 9.94. The highest BCUT2D eigenvalue weighted by atomic mass is 16.5. The number of benzene rings is 2. The van der Waals surface area contributed by atoms with Crippen LogP contribution in [0.15, 0.2) is 30.3 Å². The van der Waals surface area contributed by atoms with Crippen LogP contribution in [0.25, 0.3) is 0 Å². The molecule has 2 aromatic rings. The number of hydrogen-bond donors (Lipinski definition) is 1. The molecule has 26 heavy (non-hydrogen) atoms. The lowest BCUT2D eigenvalue weighted by Crippen LogP contribution is -2.13. The van der Waals surface area contributed by atoms with E-state index in [9.17, 15) is 4.79 Å². The van der Waals surface area contributed by atoms with Gasteiger partial charge in [-0.05, 0) is 62.1 Å². The second kappa shape index (κ2) is 9.27. The van der Waals surface area contributed by atoms with Gasteiger partial charge in [0.2, 0.25) is 5.91 Å². The van der Waals surface area contributed by atoms with Crippen molar-refractivity contribution >= 4 is 11.6 Å². The second-order valence-electron chi connectivity index (χ2n) is 6.30. The highest BCUT2D eigenvalue weighted by Gasteiger charge is 2.14. The standard InChI is InChI=1S/C22H29NO3/c1-6-17-12-15(4)16(5)13-21(17)26-14-18-19(23-22(24)7-2)10-9-11-20(18)25-8-3/h9-13H,6-8,14H2,1-5H3,(H,23,24). The molecule has 0 spiro atoms. The van der Waals surface area contributed by atoms with Crippen molar-refractivity contribution in [3.63, 3.8) is 0 Å². The number of amides is 1. The Kier molecular flexibility index (Phi) is 7.07. The highest BCUT2D eigenvalue weighted by Crippen LogP contribution is 2.30. The molecule has 0 bridgehead atoms. The fourth-order valence-electron chi connectivity index (χ4n) is 2.77. The molecular formula is C22H29NO3. The van der Waals surface area contributed by atoms with Gasteiger partial charge in [-0.3, -0.25) is 4.79 Å². The zero-order valence-corrected chi connectivity index (χ0v) is 16.4. The Hall–Kier alpha value is -2.49. The minimum Gasteiger partial charge on any atom is -0.493 e. The zero-order chi connectivity index (χ0) is 19.1. The molecule has 0 saturated heterocycles. The van der Waals surface area contributed by atoms with Crippen LogP contribution in [0.4, 0.5) is 5.69 Å². The van der Waals surface area contributed by atoms with Crippen LogP contribution in [-0.2, 0) is 17.8 Å². The fraction of sp³-hybridized carbons (Fsp3) is 0.409. The molecule has 0 aromatic heterocycles. The molecule has 4 nitrogen and oxygen atoms in total. The number of anilines is 1. The molecule has 0 atom stereocenters. The number of hydrogen-bond acceptors (Lipinski definition) is 3. The molecule has 140 valence electrons. The van der Waals surface area contributed by atoms with Crippen molar-refractivity contribution in [3.05, 3.63) is 52.6 Å². The van der Waals surface area contributed by atoms with Crippen molar-refractivity contribution in [2.24, 2.45) is 0 Å². The molecule has 1 N–H and O–H groups in total. The lowest BCUT2D eigenvalue weighted by Gasteiger charge is -2.18. The summed E-state index contributed by atoms with van der Waals surface area (Å²) in [5.41, 5.74) is 5.25. The third-order valence-electron chi connectivity index (χ3n) is 4.46. The summed E-state index contributed by atoms with van der Waals surface area (Å²) in [5, 5.41) is 2.95. The van der Waals surface area contributed by atoms with Gasteiger partial charge in [0.15, 0.2) is 0 Å². The molecular weight excluding hydrogens is 326 g/mol. The summed E-state index contributed by atoms with van der Waals surface area (Å²) in [5.74, 6) is 1.60. The van der Waals surface area contributed by atoms with Crippen molar-refractivity contribution in [1.82, 2.24) is 0 Å². The maximum Gasteiger partial charge on any atom is 0.224 e. The first-order chi connectivity index (χ1) is 12.5. The van der Waals surface area contributed by atoms with Gasteiger partial charge >= 0.3 is 0 Å². The lowest BCUT2D eigenvalue weighted by molar-refractivity contribution is -0.115. The van der Waals surface area contributed by atoms with E-state index in [4.69, 9.17) is 9.47 Å². The first-order valence-electron chi connectivity index (χ1n) is 9.27. The number of nitrogens with one attached hydrogen (secondary N) is 1. The van der Waals surface area contributed by atoms with Crippen molar-refractivity contribution in [2.45, 2.75) is 54.1 Å². The average molecular weight is 355 g/mol. The van der Waals surface area contributed by atoms with Crippen LogP contribution in [-0.4, -0.2) is 12.5 Å². The van der Waals surface area contributed by atoms with E-state index in [1.807, 2.05) is 32.0 Å². The molecule has 0 aliphatic carbocycles. The van der Waals surface area contributed by atoms with Crippen molar-refractivity contribution in [2.75, 3.05) is 11.9 Å². The minimum atomic E-state index is -0.0275. The van der Waals surface area contributed by atoms with E-state index in [1.165, 1.54) is 16.7 Å². The van der Waals surface area contributed by atoms with E-state index in [-0.39, 0.29) is 5.91 Å². The average Bonchev–Trinajstić information content (AvgIpc) is 2.63. The Morgan fingerprint density at radius 2 is 1.73 bits per heavy atom. The largest absolute Gasteiger partial charge is 0.493 e. The summed E-state index contributed by atoms with van der Waals surface area (Å²) in [7, 11) is 0. The minimum absolute atomic E-state index is 0.0275. The Morgan fingerprint density at radius 3 is 2.38 bits per heavy atom. The van der Waals surface area contributed by atoms with E-state index < -0.39 is 0 Å². The predicted molar refractivity (Wildman–Crippen MR) is 106 cm³/mol. The Labute approximate surface area is 156 Å². The van der Waals surface area contributed by atoms with E-state index in [2.05, 4.69) is 38.2 Å². The Morgan fingerprint density at radius 1 is 1.00 bits per heavy atom. The van der Waals surface area contributed by atoms with Crippen molar-refractivity contribution in [3.8, 4) is 11.5 Å². The Bertz CT molecular complexity index is 768. The smallest absolute Gasteiger partial charge is 0.224 e. The maximum atomic E-state index is 11.9. The molecule has 0 saturated carbocycles. The van der Waals surface area contributed by atoms with Gasteiger partial charge in [-0.25, -0.2) is 0 Å². The molecule has 0 fully saturated rings. The second-order valence-corrected chi connectivity index (χ2v) is 6.30. The van der Waals surface area contributed by atoms with Gasteiger partial charge in [-0.1, -0.05) is 26.0 Å². The molecule has 0 radical (unpaired) electrons. The lowest BCUT2D eigenvalue weighted by atomic mass is 10.0. The molecule has 0 aliphatic heterocycles. The SMILES string of the molecule is CCOc1cccc(NC(=O)CC)c1COc1cc(C)c(C)cc1CC. The van der Waals surface area contributed by atoms with E-state index in [1.54, 1.807) is 0 Å². The summed E-state index contributed by atoms with van der Waals surface area (Å²) >= 11 is 0. The number of carbonyl (C=O) groups excluding carboxylic acids is 1. The first-order valence-corrected chi connectivity index (χ1v) is 9.27. The van der Waals surface area contributed by atoms with E-state index in [0.717, 1.165) is 29.2 Å². The monoisotopic (exact) mass is 355 g/mol. The van der Waals surface area contributed by atoms with Crippen LogP contribution in [0.5, 0.6) is 11.5 Å². The molecule has 4 heteroatoms. The topological polar surface area (TPSA) is 47.6 Å². The maximum absolute atomic E-state index is 11.9. The highest BCUT2D eigenvalue weighted by molar-refractivity contribution is 5.91. The third-order valence-corrected chi connectivity index (χ3v) is 4.46. The van der Waals surface area contributed by atoms with Crippen LogP contribution in [0.2, 0.25) is 0 Å². The summed E-state index contributed by atoms with van der Waals surface area (Å²) < 4.78 is 11.9. The summed E-state index contributed by atoms with van der Waals surface area (Å²) in [4.78, 5) is 11.9. The Balaban J connectivity index is 2.33. The first kappa shape index (κ1) is 19.8. The van der Waals surface area contributed by atoms with Gasteiger partial charge in [0.05, 0.1) is 17.9 Å². The number of rotatable bonds is 8. The molecule has 0 heterocycles. The number of aryl methyl sites for hydroxylation is 3. The molecule has 1 amide bonds. The van der Waals surface area contributed by atoms with Crippen molar-refractivity contribution in [1.29, 1.82) is 0 Å². The quantitative estimate of drug-likeness (QED) is 0.709. The number of ether oxygens (including phenoxy) is 2. The van der Waals surface area contributed by atoms with Crippen LogP contribution < -0.4 is 14.8 Å². The zero-order valence-electron chi connectivity index (χ0n) is 16.4. The van der Waals surface area contributed by atoms with Gasteiger partial charge in [-0.2, -0.15) is 0 Å². The molecule has 0 unspecified atom stereocenters. The van der Waals surface area contributed by atoms with Crippen LogP contribution in [0.3, 0.4) is 0 Å². The van der Waals surface area contributed by atoms with Gasteiger partial charge in [0.1, 0.15) is 18.1 Å². The van der Waals surface area contributed by atoms with Gasteiger partial charge in [0, 0.05) is 6.42 Å². The number of carbonyl (C=O) groups is 1. The van der Waals surface area contributed by atoms with Crippen LogP contribution in [0, 0.1) is 13.8 Å². The third kappa shape index (κ3) is 4.78. The van der Waals surface area contributed by atoms with Crippen LogP contribution >= 0.6 is 0 Å². The van der Waals surface area contributed by atoms with Crippen LogP contribution in [0.1, 0.15) is 49.4 Å². The van der Waals surface area contributed by atoms with Gasteiger partial charge in [-0.15, -0.1) is 0 Å².